The first-order chi connectivity index (χ1) is 14.9. The molecule has 31 heavy (non-hydrogen) atoms. The van der Waals surface area contributed by atoms with Gasteiger partial charge in [0.25, 0.3) is 0 Å². The number of esters is 1. The fraction of sp³-hybridized carbons (Fsp3) is 0.370. The number of allylic oxidation sites excluding steroid dienone is 2. The van der Waals surface area contributed by atoms with Crippen molar-refractivity contribution < 1.29 is 19.1 Å². The molecular weight excluding hydrogens is 388 g/mol. The van der Waals surface area contributed by atoms with Gasteiger partial charge in [-0.1, -0.05) is 35.9 Å². The third-order valence-electron chi connectivity index (χ3n) is 6.90. The summed E-state index contributed by atoms with van der Waals surface area (Å²) in [6.45, 7) is 3.75. The molecule has 0 aliphatic heterocycles. The normalized spacial score (nSPS) is 19.3. The third-order valence-corrected chi connectivity index (χ3v) is 6.90. The van der Waals surface area contributed by atoms with Gasteiger partial charge in [0.15, 0.2) is 0 Å². The molecule has 0 bridgehead atoms. The summed E-state index contributed by atoms with van der Waals surface area (Å²) >= 11 is 0. The Kier molecular flexibility index (Phi) is 5.90. The van der Waals surface area contributed by atoms with Crippen LogP contribution in [0.1, 0.15) is 74.6 Å². The first-order valence-electron chi connectivity index (χ1n) is 10.9. The lowest BCUT2D eigenvalue weighted by Gasteiger charge is -2.38. The predicted molar refractivity (Wildman–Crippen MR) is 120 cm³/mol. The van der Waals surface area contributed by atoms with Crippen molar-refractivity contribution in [3.05, 3.63) is 81.4 Å². The molecule has 0 saturated heterocycles. The maximum absolute atomic E-state index is 12.8. The molecular formula is C27H28O4. The lowest BCUT2D eigenvalue weighted by Crippen LogP contribution is -2.26. The Morgan fingerprint density at radius 2 is 1.71 bits per heavy atom. The number of hydrogen-bond acceptors (Lipinski definition) is 4. The molecule has 0 amide bonds. The smallest absolute Gasteiger partial charge is 0.337 e. The lowest BCUT2D eigenvalue weighted by molar-refractivity contribution is -0.115. The van der Waals surface area contributed by atoms with E-state index >= 15 is 0 Å². The molecule has 2 atom stereocenters. The number of aryl methyl sites for hydroxylation is 2. The molecule has 4 nitrogen and oxygen atoms in total. The minimum atomic E-state index is -0.374. The number of ether oxygens (including phenoxy) is 1. The van der Waals surface area contributed by atoms with Gasteiger partial charge in [-0.2, -0.15) is 0 Å². The van der Waals surface area contributed by atoms with E-state index in [0.29, 0.717) is 29.4 Å². The van der Waals surface area contributed by atoms with Crippen LogP contribution in [0, 0.1) is 19.8 Å². The first-order valence-corrected chi connectivity index (χ1v) is 10.9. The highest BCUT2D eigenvalue weighted by molar-refractivity contribution is 6.44. The molecule has 0 spiro atoms. The molecule has 1 fully saturated rings. The van der Waals surface area contributed by atoms with Crippen LogP contribution in [0.2, 0.25) is 0 Å². The average molecular weight is 417 g/mol. The highest BCUT2D eigenvalue weighted by Gasteiger charge is 2.37. The lowest BCUT2D eigenvalue weighted by atomic mass is 9.66. The van der Waals surface area contributed by atoms with Crippen LogP contribution in [-0.4, -0.2) is 24.6 Å². The van der Waals surface area contributed by atoms with Crippen LogP contribution in [0.5, 0.6) is 0 Å². The molecule has 0 heterocycles. The van der Waals surface area contributed by atoms with Gasteiger partial charge in [-0.3, -0.25) is 9.59 Å². The summed E-state index contributed by atoms with van der Waals surface area (Å²) in [5, 5.41) is 0. The molecule has 4 heteroatoms. The minimum absolute atomic E-state index is 0.241. The second-order valence-electron chi connectivity index (χ2n) is 8.70. The third kappa shape index (κ3) is 3.99. The van der Waals surface area contributed by atoms with Crippen molar-refractivity contribution in [1.82, 2.24) is 0 Å². The molecule has 2 unspecified atom stereocenters. The number of Topliss-reactive ketones (excluding diaryl/α,β-unsaturated/α-hetero) is 2. The van der Waals surface area contributed by atoms with E-state index in [1.807, 2.05) is 50.2 Å². The zero-order valence-electron chi connectivity index (χ0n) is 18.4. The summed E-state index contributed by atoms with van der Waals surface area (Å²) in [6, 6.07) is 11.5. The van der Waals surface area contributed by atoms with Crippen molar-refractivity contribution in [2.45, 2.75) is 51.9 Å². The van der Waals surface area contributed by atoms with Gasteiger partial charge in [-0.05, 0) is 85.8 Å². The number of fused-ring (bicyclic) bond motifs is 3. The quantitative estimate of drug-likeness (QED) is 0.278. The number of benzene rings is 2. The Morgan fingerprint density at radius 3 is 2.35 bits per heavy atom. The Bertz CT molecular complexity index is 1070. The van der Waals surface area contributed by atoms with Gasteiger partial charge in [0.1, 0.15) is 0 Å². The number of carbonyl (C=O) groups excluding carboxylic acids is 3. The number of hydrogen-bond donors (Lipinski definition) is 0. The maximum atomic E-state index is 12.8. The second-order valence-corrected chi connectivity index (χ2v) is 8.70. The van der Waals surface area contributed by atoms with Crippen molar-refractivity contribution in [2.75, 3.05) is 7.11 Å². The molecule has 160 valence electrons. The standard InChI is InChI=1S/C27H28O4/c1-16-5-4-6-17(2)25(16)26(29)24(28)14-11-18-7-8-19-9-10-20(27(30)31-3)15-23(19)22-13-12-21(18)22/h4-7,9-10,15,21-22H,8,11-14H2,1-3H3. The molecule has 0 aromatic heterocycles. The topological polar surface area (TPSA) is 60.4 Å². The Labute approximate surface area is 183 Å². The van der Waals surface area contributed by atoms with E-state index in [1.165, 1.54) is 23.8 Å². The van der Waals surface area contributed by atoms with Crippen molar-refractivity contribution >= 4 is 17.5 Å². The minimum Gasteiger partial charge on any atom is -0.465 e. The molecule has 2 aliphatic carbocycles. The van der Waals surface area contributed by atoms with E-state index in [4.69, 9.17) is 4.74 Å². The molecule has 2 aromatic rings. The summed E-state index contributed by atoms with van der Waals surface area (Å²) in [7, 11) is 1.40. The van der Waals surface area contributed by atoms with E-state index in [2.05, 4.69) is 6.08 Å². The second kappa shape index (κ2) is 8.62. The maximum Gasteiger partial charge on any atom is 0.337 e. The largest absolute Gasteiger partial charge is 0.465 e. The first kappa shape index (κ1) is 21.2. The molecule has 0 radical (unpaired) electrons. The van der Waals surface area contributed by atoms with Crippen LogP contribution < -0.4 is 0 Å². The van der Waals surface area contributed by atoms with Crippen molar-refractivity contribution in [3.8, 4) is 0 Å². The molecule has 2 aromatic carbocycles. The van der Waals surface area contributed by atoms with Gasteiger partial charge < -0.3 is 4.74 Å². The number of ketones is 2. The van der Waals surface area contributed by atoms with Crippen LogP contribution in [-0.2, 0) is 16.0 Å². The van der Waals surface area contributed by atoms with E-state index in [1.54, 1.807) is 0 Å². The van der Waals surface area contributed by atoms with Crippen molar-refractivity contribution in [3.63, 3.8) is 0 Å². The number of carbonyl (C=O) groups is 3. The summed E-state index contributed by atoms with van der Waals surface area (Å²) < 4.78 is 4.88. The SMILES string of the molecule is COC(=O)c1ccc2c(c1)C1CCC1C(CCC(=O)C(=O)c1c(C)cccc1C)=CC2. The summed E-state index contributed by atoms with van der Waals surface area (Å²) in [6.07, 6.45) is 6.04. The molecule has 1 saturated carbocycles. The fourth-order valence-electron chi connectivity index (χ4n) is 5.05. The summed E-state index contributed by atoms with van der Waals surface area (Å²) in [5.74, 6) is -0.244. The zero-order chi connectivity index (χ0) is 22.1. The van der Waals surface area contributed by atoms with E-state index in [9.17, 15) is 14.4 Å². The molecule has 2 aliphatic rings. The van der Waals surface area contributed by atoms with Crippen LogP contribution >= 0.6 is 0 Å². The van der Waals surface area contributed by atoms with Gasteiger partial charge in [0, 0.05) is 12.0 Å². The van der Waals surface area contributed by atoms with Gasteiger partial charge in [-0.25, -0.2) is 4.79 Å². The molecule has 0 N–H and O–H groups in total. The van der Waals surface area contributed by atoms with E-state index < -0.39 is 0 Å². The monoisotopic (exact) mass is 416 g/mol. The van der Waals surface area contributed by atoms with Gasteiger partial charge in [-0.15, -0.1) is 0 Å². The molecule has 4 rings (SSSR count). The van der Waals surface area contributed by atoms with Gasteiger partial charge in [0.05, 0.1) is 12.7 Å². The van der Waals surface area contributed by atoms with Crippen LogP contribution in [0.25, 0.3) is 0 Å². The highest BCUT2D eigenvalue weighted by Crippen LogP contribution is 2.50. The van der Waals surface area contributed by atoms with Crippen LogP contribution in [0.15, 0.2) is 48.0 Å². The van der Waals surface area contributed by atoms with Crippen molar-refractivity contribution in [1.29, 1.82) is 0 Å². The zero-order valence-corrected chi connectivity index (χ0v) is 18.4. The summed E-state index contributed by atoms with van der Waals surface area (Å²) in [4.78, 5) is 37.5. The predicted octanol–water partition coefficient (Wildman–Crippen LogP) is 5.30. The average Bonchev–Trinajstić information content (AvgIpc) is 2.83. The van der Waals surface area contributed by atoms with Crippen LogP contribution in [0.3, 0.4) is 0 Å². The Morgan fingerprint density at radius 1 is 1.00 bits per heavy atom. The Balaban J connectivity index is 1.48. The number of methoxy groups -OCH3 is 1. The van der Waals surface area contributed by atoms with Crippen LogP contribution in [0.4, 0.5) is 0 Å². The Hall–Kier alpha value is -3.01. The van der Waals surface area contributed by atoms with Crippen molar-refractivity contribution in [2.24, 2.45) is 5.92 Å². The summed E-state index contributed by atoms with van der Waals surface area (Å²) in [5.41, 5.74) is 6.57. The van der Waals surface area contributed by atoms with E-state index in [-0.39, 0.29) is 24.0 Å². The van der Waals surface area contributed by atoms with Gasteiger partial charge in [0.2, 0.25) is 11.6 Å². The number of rotatable bonds is 6. The van der Waals surface area contributed by atoms with E-state index in [0.717, 1.165) is 30.4 Å². The van der Waals surface area contributed by atoms with Gasteiger partial charge >= 0.3 is 5.97 Å². The highest BCUT2D eigenvalue weighted by atomic mass is 16.5. The fourth-order valence-corrected chi connectivity index (χ4v) is 5.05.